The van der Waals surface area contributed by atoms with E-state index in [-0.39, 0.29) is 30.8 Å². The van der Waals surface area contributed by atoms with Crippen LogP contribution in [0.2, 0.25) is 0 Å². The molecule has 3 atom stereocenters. The molecule has 0 bridgehead atoms. The Hall–Kier alpha value is -0.650. The number of amides is 1. The number of rotatable bonds is 2. The molecule has 0 radical (unpaired) electrons. The van der Waals surface area contributed by atoms with Crippen molar-refractivity contribution >= 4 is 5.91 Å². The Kier molecular flexibility index (Phi) is 4.36. The van der Waals surface area contributed by atoms with Crippen molar-refractivity contribution in [3.05, 3.63) is 0 Å². The van der Waals surface area contributed by atoms with Crippen LogP contribution in [0.15, 0.2) is 0 Å². The number of hydrogen-bond donors (Lipinski definition) is 1. The maximum atomic E-state index is 12.2. The van der Waals surface area contributed by atoms with E-state index < -0.39 is 0 Å². The van der Waals surface area contributed by atoms with Crippen LogP contribution in [0.25, 0.3) is 0 Å². The number of carbonyl (C=O) groups excluding carboxylic acids is 1. The monoisotopic (exact) mass is 243 g/mol. The smallest absolute Gasteiger partial charge is 0.251 e. The van der Waals surface area contributed by atoms with Crippen molar-refractivity contribution in [3.8, 4) is 0 Å². The van der Waals surface area contributed by atoms with Crippen LogP contribution in [-0.2, 0) is 14.3 Å². The van der Waals surface area contributed by atoms with Crippen LogP contribution in [0.4, 0.5) is 0 Å². The van der Waals surface area contributed by atoms with Gasteiger partial charge in [0.15, 0.2) is 0 Å². The highest BCUT2D eigenvalue weighted by molar-refractivity contribution is 5.81. The lowest BCUT2D eigenvalue weighted by atomic mass is 10.1. The zero-order valence-electron chi connectivity index (χ0n) is 10.3. The van der Waals surface area contributed by atoms with Crippen LogP contribution in [0.3, 0.4) is 0 Å². The van der Waals surface area contributed by atoms with Crippen LogP contribution in [0, 0.1) is 0 Å². The fraction of sp³-hybridized carbons (Fsp3) is 0.917. The van der Waals surface area contributed by atoms with Gasteiger partial charge in [0, 0.05) is 19.7 Å². The molecule has 5 nitrogen and oxygen atoms in total. The van der Waals surface area contributed by atoms with Gasteiger partial charge in [0.2, 0.25) is 0 Å². The van der Waals surface area contributed by atoms with E-state index >= 15 is 0 Å². The first-order valence-corrected chi connectivity index (χ1v) is 6.37. The molecule has 1 amide bonds. The maximum absolute atomic E-state index is 12.2. The number of hydrogen-bond acceptors (Lipinski definition) is 4. The van der Waals surface area contributed by atoms with Crippen LogP contribution in [0.1, 0.15) is 26.2 Å². The van der Waals surface area contributed by atoms with Crippen LogP contribution in [-0.4, -0.2) is 60.5 Å². The fourth-order valence-electron chi connectivity index (χ4n) is 2.47. The van der Waals surface area contributed by atoms with E-state index in [2.05, 4.69) is 0 Å². The molecule has 2 rings (SSSR count). The SMILES string of the molecule is CC1CN(C(=O)C2CCCCO2)CC(CO)O1. The molecule has 0 aromatic rings. The third-order valence-electron chi connectivity index (χ3n) is 3.30. The number of carbonyl (C=O) groups is 1. The predicted octanol–water partition coefficient (Wildman–Crippen LogP) is 0.164. The minimum Gasteiger partial charge on any atom is -0.394 e. The maximum Gasteiger partial charge on any atom is 0.251 e. The van der Waals surface area contributed by atoms with Crippen LogP contribution in [0.5, 0.6) is 0 Å². The molecule has 0 spiro atoms. The molecule has 2 aliphatic heterocycles. The van der Waals surface area contributed by atoms with Gasteiger partial charge in [0.05, 0.1) is 18.8 Å². The predicted molar refractivity (Wildman–Crippen MR) is 61.6 cm³/mol. The summed E-state index contributed by atoms with van der Waals surface area (Å²) < 4.78 is 11.0. The Bertz CT molecular complexity index is 265. The molecule has 17 heavy (non-hydrogen) atoms. The van der Waals surface area contributed by atoms with Gasteiger partial charge in [0.1, 0.15) is 6.10 Å². The Morgan fingerprint density at radius 3 is 2.88 bits per heavy atom. The zero-order valence-corrected chi connectivity index (χ0v) is 10.3. The molecular formula is C12H21NO4. The van der Waals surface area contributed by atoms with Crippen molar-refractivity contribution in [3.63, 3.8) is 0 Å². The van der Waals surface area contributed by atoms with Crippen LogP contribution >= 0.6 is 0 Å². The van der Waals surface area contributed by atoms with E-state index in [0.29, 0.717) is 19.7 Å². The Morgan fingerprint density at radius 2 is 2.24 bits per heavy atom. The van der Waals surface area contributed by atoms with E-state index in [1.807, 2.05) is 6.92 Å². The third kappa shape index (κ3) is 3.18. The average Bonchev–Trinajstić information content (AvgIpc) is 2.38. The van der Waals surface area contributed by atoms with Crippen molar-refractivity contribution in [1.29, 1.82) is 0 Å². The molecule has 2 aliphatic rings. The second kappa shape index (κ2) is 5.80. The number of aliphatic hydroxyl groups excluding tert-OH is 1. The molecule has 98 valence electrons. The van der Waals surface area contributed by atoms with Crippen molar-refractivity contribution in [2.45, 2.75) is 44.5 Å². The largest absolute Gasteiger partial charge is 0.394 e. The highest BCUT2D eigenvalue weighted by atomic mass is 16.5. The Balaban J connectivity index is 1.93. The van der Waals surface area contributed by atoms with Gasteiger partial charge in [-0.2, -0.15) is 0 Å². The molecule has 2 fully saturated rings. The summed E-state index contributed by atoms with van der Waals surface area (Å²) in [6.45, 7) is 3.62. The Morgan fingerprint density at radius 1 is 1.41 bits per heavy atom. The second-order valence-corrected chi connectivity index (χ2v) is 4.85. The molecule has 0 aromatic heterocycles. The summed E-state index contributed by atoms with van der Waals surface area (Å²) in [6, 6.07) is 0. The normalized spacial score (nSPS) is 34.7. The van der Waals surface area contributed by atoms with Gasteiger partial charge in [-0.1, -0.05) is 0 Å². The summed E-state index contributed by atoms with van der Waals surface area (Å²) in [6.07, 6.45) is 2.35. The van der Waals surface area contributed by atoms with E-state index in [1.54, 1.807) is 4.90 Å². The molecule has 3 unspecified atom stereocenters. The lowest BCUT2D eigenvalue weighted by molar-refractivity contribution is -0.160. The summed E-state index contributed by atoms with van der Waals surface area (Å²) in [5.74, 6) is 0.0540. The van der Waals surface area contributed by atoms with Gasteiger partial charge in [-0.3, -0.25) is 4.79 Å². The summed E-state index contributed by atoms with van der Waals surface area (Å²) in [7, 11) is 0. The van der Waals surface area contributed by atoms with Gasteiger partial charge in [0.25, 0.3) is 5.91 Å². The fourth-order valence-corrected chi connectivity index (χ4v) is 2.47. The number of nitrogens with zero attached hydrogens (tertiary/aromatic N) is 1. The summed E-state index contributed by atoms with van der Waals surface area (Å²) in [4.78, 5) is 14.0. The molecule has 1 N–H and O–H groups in total. The Labute approximate surface area is 102 Å². The quantitative estimate of drug-likeness (QED) is 0.751. The van der Waals surface area contributed by atoms with Gasteiger partial charge in [-0.15, -0.1) is 0 Å². The van der Waals surface area contributed by atoms with Gasteiger partial charge >= 0.3 is 0 Å². The van der Waals surface area contributed by atoms with E-state index in [4.69, 9.17) is 14.6 Å². The van der Waals surface area contributed by atoms with E-state index in [9.17, 15) is 4.79 Å². The molecular weight excluding hydrogens is 222 g/mol. The number of morpholine rings is 1. The number of ether oxygens (including phenoxy) is 2. The topological polar surface area (TPSA) is 59.0 Å². The average molecular weight is 243 g/mol. The van der Waals surface area contributed by atoms with Crippen molar-refractivity contribution in [2.24, 2.45) is 0 Å². The van der Waals surface area contributed by atoms with Crippen LogP contribution < -0.4 is 0 Å². The lowest BCUT2D eigenvalue weighted by Gasteiger charge is -2.38. The van der Waals surface area contributed by atoms with Crippen molar-refractivity contribution < 1.29 is 19.4 Å². The molecule has 2 saturated heterocycles. The minimum absolute atomic E-state index is 0.0200. The van der Waals surface area contributed by atoms with Gasteiger partial charge in [-0.25, -0.2) is 0 Å². The second-order valence-electron chi connectivity index (χ2n) is 4.85. The first kappa shape index (κ1) is 12.8. The summed E-state index contributed by atoms with van der Waals surface area (Å²) >= 11 is 0. The van der Waals surface area contributed by atoms with Gasteiger partial charge in [-0.05, 0) is 26.2 Å². The summed E-state index contributed by atoms with van der Waals surface area (Å²) in [5, 5.41) is 9.12. The van der Waals surface area contributed by atoms with Crippen molar-refractivity contribution in [1.82, 2.24) is 4.90 Å². The molecule has 0 aliphatic carbocycles. The first-order chi connectivity index (χ1) is 8.20. The zero-order chi connectivity index (χ0) is 12.3. The first-order valence-electron chi connectivity index (χ1n) is 6.37. The highest BCUT2D eigenvalue weighted by Crippen LogP contribution is 2.18. The molecule has 0 saturated carbocycles. The molecule has 2 heterocycles. The highest BCUT2D eigenvalue weighted by Gasteiger charge is 2.32. The lowest BCUT2D eigenvalue weighted by Crippen LogP contribution is -2.53. The van der Waals surface area contributed by atoms with Gasteiger partial charge < -0.3 is 19.5 Å². The molecule has 5 heteroatoms. The standard InChI is InChI=1S/C12H21NO4/c1-9-6-13(7-10(8-14)17-9)12(15)11-4-2-3-5-16-11/h9-11,14H,2-8H2,1H3. The number of aliphatic hydroxyl groups is 1. The molecule has 0 aromatic carbocycles. The third-order valence-corrected chi connectivity index (χ3v) is 3.30. The van der Waals surface area contributed by atoms with E-state index in [0.717, 1.165) is 19.3 Å². The minimum atomic E-state index is -0.284. The summed E-state index contributed by atoms with van der Waals surface area (Å²) in [5.41, 5.74) is 0. The van der Waals surface area contributed by atoms with Crippen molar-refractivity contribution in [2.75, 3.05) is 26.3 Å². The van der Waals surface area contributed by atoms with E-state index in [1.165, 1.54) is 0 Å².